The molecule has 0 atom stereocenters. The number of nitrogens with one attached hydrogen (secondary N) is 1. The molecule has 5 nitrogen and oxygen atoms in total. The number of rotatable bonds is 8. The van der Waals surface area contributed by atoms with E-state index < -0.39 is 0 Å². The summed E-state index contributed by atoms with van der Waals surface area (Å²) in [5.74, 6) is 0.670. The van der Waals surface area contributed by atoms with Gasteiger partial charge >= 0.3 is 5.97 Å². The fourth-order valence-electron chi connectivity index (χ4n) is 3.48. The van der Waals surface area contributed by atoms with Gasteiger partial charge in [-0.05, 0) is 62.5 Å². The summed E-state index contributed by atoms with van der Waals surface area (Å²) in [6.45, 7) is 4.20. The number of carbonyl (C=O) groups is 1. The van der Waals surface area contributed by atoms with Crippen molar-refractivity contribution in [3.63, 3.8) is 0 Å². The normalized spacial score (nSPS) is 15.0. The fourth-order valence-corrected chi connectivity index (χ4v) is 3.48. The first kappa shape index (κ1) is 19.6. The molecule has 1 saturated heterocycles. The third kappa shape index (κ3) is 5.42. The molecule has 0 radical (unpaired) electrons. The van der Waals surface area contributed by atoms with Crippen molar-refractivity contribution in [3.8, 4) is 5.75 Å². The molecule has 1 fully saturated rings. The van der Waals surface area contributed by atoms with E-state index in [1.54, 1.807) is 0 Å². The first-order valence-corrected chi connectivity index (χ1v) is 10.1. The highest BCUT2D eigenvalue weighted by atomic mass is 16.5. The lowest BCUT2D eigenvalue weighted by atomic mass is 10.0. The van der Waals surface area contributed by atoms with Gasteiger partial charge in [-0.1, -0.05) is 19.4 Å². The molecule has 3 rings (SSSR count). The van der Waals surface area contributed by atoms with Crippen molar-refractivity contribution < 1.29 is 14.3 Å². The Morgan fingerprint density at radius 2 is 2.04 bits per heavy atom. The van der Waals surface area contributed by atoms with Crippen molar-refractivity contribution in [2.75, 3.05) is 20.2 Å². The number of unbranched alkanes of at least 4 members (excludes halogenated alkanes) is 1. The number of ether oxygens (including phenoxy) is 2. The quantitative estimate of drug-likeness (QED) is 0.716. The van der Waals surface area contributed by atoms with Gasteiger partial charge in [0, 0.05) is 17.5 Å². The summed E-state index contributed by atoms with van der Waals surface area (Å²) < 4.78 is 11.1. The van der Waals surface area contributed by atoms with Crippen molar-refractivity contribution in [1.29, 1.82) is 0 Å². The van der Waals surface area contributed by atoms with Crippen LogP contribution < -0.4 is 10.1 Å². The molecule has 0 aliphatic carbocycles. The van der Waals surface area contributed by atoms with Crippen LogP contribution in [0, 0.1) is 0 Å². The Kier molecular flexibility index (Phi) is 7.04. The van der Waals surface area contributed by atoms with Gasteiger partial charge in [0.05, 0.1) is 13.5 Å². The second-order valence-corrected chi connectivity index (χ2v) is 7.22. The average molecular weight is 370 g/mol. The fraction of sp³-hybridized carbons (Fsp3) is 0.545. The van der Waals surface area contributed by atoms with Gasteiger partial charge < -0.3 is 14.8 Å². The average Bonchev–Trinajstić information content (AvgIpc) is 2.71. The second-order valence-electron chi connectivity index (χ2n) is 7.22. The number of esters is 1. The maximum absolute atomic E-state index is 11.4. The minimum atomic E-state index is -0.210. The number of methoxy groups -OCH3 is 1. The Hall–Kier alpha value is -2.14. The van der Waals surface area contributed by atoms with Crippen LogP contribution in [0.15, 0.2) is 24.3 Å². The lowest BCUT2D eigenvalue weighted by Gasteiger charge is -2.24. The van der Waals surface area contributed by atoms with Crippen molar-refractivity contribution >= 4 is 16.9 Å². The summed E-state index contributed by atoms with van der Waals surface area (Å²) >= 11 is 0. The number of carbonyl (C=O) groups excluding carboxylic acids is 1. The van der Waals surface area contributed by atoms with Gasteiger partial charge in [0.1, 0.15) is 17.4 Å². The monoisotopic (exact) mass is 370 g/mol. The zero-order valence-corrected chi connectivity index (χ0v) is 16.4. The number of hydrogen-bond acceptors (Lipinski definition) is 5. The summed E-state index contributed by atoms with van der Waals surface area (Å²) in [7, 11) is 1.42. The number of aryl methyl sites for hydroxylation is 2. The number of nitrogens with zero attached hydrogens (tertiary/aromatic N) is 1. The lowest BCUT2D eigenvalue weighted by Crippen LogP contribution is -2.34. The molecule has 1 aliphatic heterocycles. The van der Waals surface area contributed by atoms with E-state index in [4.69, 9.17) is 14.5 Å². The largest absolute Gasteiger partial charge is 0.488 e. The third-order valence-electron chi connectivity index (χ3n) is 5.09. The molecule has 5 heteroatoms. The highest BCUT2D eigenvalue weighted by Gasteiger charge is 2.17. The minimum Gasteiger partial charge on any atom is -0.488 e. The van der Waals surface area contributed by atoms with Crippen molar-refractivity contribution in [2.24, 2.45) is 0 Å². The Bertz CT molecular complexity index is 769. The molecule has 2 aromatic rings. The van der Waals surface area contributed by atoms with Gasteiger partial charge in [-0.25, -0.2) is 4.98 Å². The molecular weight excluding hydrogens is 340 g/mol. The zero-order chi connectivity index (χ0) is 19.1. The van der Waals surface area contributed by atoms with Gasteiger partial charge in [-0.2, -0.15) is 0 Å². The van der Waals surface area contributed by atoms with E-state index in [0.29, 0.717) is 12.8 Å². The van der Waals surface area contributed by atoms with Crippen LogP contribution in [0.1, 0.15) is 50.3 Å². The predicted molar refractivity (Wildman–Crippen MR) is 107 cm³/mol. The molecular formula is C22H30N2O3. The highest BCUT2D eigenvalue weighted by molar-refractivity contribution is 5.85. The van der Waals surface area contributed by atoms with Gasteiger partial charge in [-0.3, -0.25) is 4.79 Å². The number of fused-ring (bicyclic) bond motifs is 1. The van der Waals surface area contributed by atoms with Crippen LogP contribution in [0.5, 0.6) is 5.75 Å². The highest BCUT2D eigenvalue weighted by Crippen LogP contribution is 2.29. The zero-order valence-electron chi connectivity index (χ0n) is 16.4. The SMILES string of the molecule is CCCCc1cc(OC2CCNCC2)c2nc(CCC(=O)OC)ccc2c1. The summed E-state index contributed by atoms with van der Waals surface area (Å²) in [5.41, 5.74) is 3.10. The molecule has 1 aromatic heterocycles. The molecule has 0 saturated carbocycles. The number of hydrogen-bond donors (Lipinski definition) is 1. The first-order chi connectivity index (χ1) is 13.2. The van der Waals surface area contributed by atoms with Gasteiger partial charge in [0.15, 0.2) is 0 Å². The van der Waals surface area contributed by atoms with Crippen LogP contribution in [-0.4, -0.2) is 37.3 Å². The summed E-state index contributed by atoms with van der Waals surface area (Å²) in [5, 5.41) is 4.49. The molecule has 1 N–H and O–H groups in total. The van der Waals surface area contributed by atoms with Crippen LogP contribution in [0.4, 0.5) is 0 Å². The Balaban J connectivity index is 1.89. The minimum absolute atomic E-state index is 0.210. The molecule has 0 spiro atoms. The molecule has 146 valence electrons. The third-order valence-corrected chi connectivity index (χ3v) is 5.09. The topological polar surface area (TPSA) is 60.5 Å². The predicted octanol–water partition coefficient (Wildman–Crippen LogP) is 3.81. The van der Waals surface area contributed by atoms with Crippen LogP contribution in [0.2, 0.25) is 0 Å². The molecule has 2 heterocycles. The molecule has 1 aliphatic rings. The van der Waals surface area contributed by atoms with Crippen molar-refractivity contribution in [1.82, 2.24) is 10.3 Å². The van der Waals surface area contributed by atoms with Gasteiger partial charge in [-0.15, -0.1) is 0 Å². The van der Waals surface area contributed by atoms with Crippen LogP contribution in [-0.2, 0) is 22.4 Å². The van der Waals surface area contributed by atoms with Crippen LogP contribution in [0.25, 0.3) is 10.9 Å². The Morgan fingerprint density at radius 1 is 1.22 bits per heavy atom. The van der Waals surface area contributed by atoms with E-state index >= 15 is 0 Å². The maximum atomic E-state index is 11.4. The Labute approximate surface area is 161 Å². The molecule has 27 heavy (non-hydrogen) atoms. The number of pyridine rings is 1. The lowest BCUT2D eigenvalue weighted by molar-refractivity contribution is -0.140. The summed E-state index contributed by atoms with van der Waals surface area (Å²) in [6, 6.07) is 8.48. The van der Waals surface area contributed by atoms with Gasteiger partial charge in [0.2, 0.25) is 0 Å². The van der Waals surface area contributed by atoms with E-state index in [0.717, 1.165) is 54.7 Å². The van der Waals surface area contributed by atoms with E-state index in [2.05, 4.69) is 30.4 Å². The summed E-state index contributed by atoms with van der Waals surface area (Å²) in [4.78, 5) is 16.3. The van der Waals surface area contributed by atoms with Crippen LogP contribution >= 0.6 is 0 Å². The van der Waals surface area contributed by atoms with Crippen molar-refractivity contribution in [3.05, 3.63) is 35.5 Å². The second kappa shape index (κ2) is 9.70. The van der Waals surface area contributed by atoms with E-state index in [-0.39, 0.29) is 12.1 Å². The smallest absolute Gasteiger partial charge is 0.305 e. The molecule has 0 amide bonds. The standard InChI is InChI=1S/C22H30N2O3/c1-3-4-5-16-14-17-6-7-18(8-9-21(25)26-2)24-22(17)20(15-16)27-19-10-12-23-13-11-19/h6-7,14-15,19,23H,3-5,8-13H2,1-2H3. The summed E-state index contributed by atoms with van der Waals surface area (Å²) in [6.07, 6.45) is 6.58. The number of piperidine rings is 1. The van der Waals surface area contributed by atoms with E-state index in [1.807, 2.05) is 6.07 Å². The molecule has 1 aromatic carbocycles. The number of benzene rings is 1. The number of aromatic nitrogens is 1. The molecule has 0 unspecified atom stereocenters. The van der Waals surface area contributed by atoms with Crippen molar-refractivity contribution in [2.45, 2.75) is 58.0 Å². The molecule has 0 bridgehead atoms. The first-order valence-electron chi connectivity index (χ1n) is 10.1. The van der Waals surface area contributed by atoms with E-state index in [1.165, 1.54) is 25.5 Å². The van der Waals surface area contributed by atoms with Crippen LogP contribution in [0.3, 0.4) is 0 Å². The van der Waals surface area contributed by atoms with E-state index in [9.17, 15) is 4.79 Å². The maximum Gasteiger partial charge on any atom is 0.305 e. The van der Waals surface area contributed by atoms with Gasteiger partial charge in [0.25, 0.3) is 0 Å². The Morgan fingerprint density at radius 3 is 2.78 bits per heavy atom.